The highest BCUT2D eigenvalue weighted by atomic mass is 16.7. The van der Waals surface area contributed by atoms with E-state index in [0.717, 1.165) is 11.0 Å². The number of hydrogen-bond donors (Lipinski definition) is 1. The van der Waals surface area contributed by atoms with Crippen LogP contribution >= 0.6 is 0 Å². The number of amides is 1. The number of carbonyl (C=O) groups excluding carboxylic acids is 1. The molecule has 0 saturated carbocycles. The van der Waals surface area contributed by atoms with Crippen molar-refractivity contribution in [3.05, 3.63) is 24.6 Å². The van der Waals surface area contributed by atoms with Gasteiger partial charge in [0.15, 0.2) is 0 Å². The Bertz CT molecular complexity index is 722. The van der Waals surface area contributed by atoms with E-state index in [-0.39, 0.29) is 17.1 Å². The van der Waals surface area contributed by atoms with E-state index >= 15 is 0 Å². The molecule has 1 amide bonds. The smallest absolute Gasteiger partial charge is 0.402 e. The third-order valence-electron chi connectivity index (χ3n) is 4.33. The molecule has 116 valence electrons. The van der Waals surface area contributed by atoms with Gasteiger partial charge in [0.25, 0.3) is 11.4 Å². The van der Waals surface area contributed by atoms with Gasteiger partial charge in [0.2, 0.25) is 5.58 Å². The van der Waals surface area contributed by atoms with Crippen molar-refractivity contribution in [2.24, 2.45) is 0 Å². The average molecular weight is 303 g/mol. The zero-order chi connectivity index (χ0) is 16.1. The molecule has 0 spiro atoms. The Hall–Kier alpha value is -1.86. The number of benzene rings is 1. The molecule has 1 aromatic heterocycles. The van der Waals surface area contributed by atoms with Gasteiger partial charge in [-0.3, -0.25) is 4.79 Å². The van der Waals surface area contributed by atoms with Crippen LogP contribution in [0.1, 0.15) is 34.6 Å². The van der Waals surface area contributed by atoms with Crippen molar-refractivity contribution in [2.75, 3.05) is 5.43 Å². The minimum absolute atomic E-state index is 0.164. The van der Waals surface area contributed by atoms with Crippen molar-refractivity contribution in [1.29, 1.82) is 0 Å². The lowest BCUT2D eigenvalue weighted by molar-refractivity contribution is -0.620. The average Bonchev–Trinajstić information content (AvgIpc) is 2.88. The molecule has 1 fully saturated rings. The molecule has 22 heavy (non-hydrogen) atoms. The summed E-state index contributed by atoms with van der Waals surface area (Å²) in [6.45, 7) is 9.52. The summed E-state index contributed by atoms with van der Waals surface area (Å²) in [5.41, 5.74) is 4.21. The summed E-state index contributed by atoms with van der Waals surface area (Å²) in [6, 6.07) is 5.66. The topological polar surface area (TPSA) is 64.6 Å². The molecule has 1 aliphatic rings. The van der Waals surface area contributed by atoms with E-state index in [1.54, 1.807) is 4.68 Å². The largest absolute Gasteiger partial charge is 0.494 e. The Labute approximate surface area is 129 Å². The Kier molecular flexibility index (Phi) is 3.30. The van der Waals surface area contributed by atoms with Crippen LogP contribution in [0, 0.1) is 0 Å². The fraction of sp³-hybridized carbons (Fsp3) is 0.467. The van der Waals surface area contributed by atoms with E-state index in [1.807, 2.05) is 45.9 Å². The number of oxazole rings is 1. The predicted molar refractivity (Wildman–Crippen MR) is 82.2 cm³/mol. The Morgan fingerprint density at radius 3 is 2.41 bits per heavy atom. The molecule has 1 aliphatic heterocycles. The first-order chi connectivity index (χ1) is 10.2. The lowest BCUT2D eigenvalue weighted by atomic mass is 9.79. The van der Waals surface area contributed by atoms with E-state index < -0.39 is 7.12 Å². The molecule has 0 aliphatic carbocycles. The van der Waals surface area contributed by atoms with Crippen molar-refractivity contribution in [2.45, 2.75) is 45.8 Å². The van der Waals surface area contributed by atoms with Crippen LogP contribution in [0.3, 0.4) is 0 Å². The van der Waals surface area contributed by atoms with Crippen molar-refractivity contribution in [3.63, 3.8) is 0 Å². The van der Waals surface area contributed by atoms with E-state index in [2.05, 4.69) is 5.43 Å². The molecule has 0 unspecified atom stereocenters. The summed E-state index contributed by atoms with van der Waals surface area (Å²) in [5.74, 6) is -0.164. The summed E-state index contributed by atoms with van der Waals surface area (Å²) in [5, 5.41) is 0. The standard InChI is InChI=1S/C15H19BN2O4/c1-10(19)17-18-9-20-13-8-11(6-7-12(13)18)16-21-14(2,3)15(4,5)22-16/h6-9H,1-5H3/p+1. The van der Waals surface area contributed by atoms with Crippen LogP contribution in [-0.2, 0) is 14.1 Å². The van der Waals surface area contributed by atoms with Crippen LogP contribution in [-0.4, -0.2) is 24.2 Å². The normalized spacial score (nSPS) is 19.6. The molecular formula is C15H20BN2O4+. The second-order valence-corrected chi connectivity index (χ2v) is 6.58. The van der Waals surface area contributed by atoms with Crippen LogP contribution in [0.25, 0.3) is 11.1 Å². The van der Waals surface area contributed by atoms with Gasteiger partial charge in [0.1, 0.15) is 0 Å². The lowest BCUT2D eigenvalue weighted by Gasteiger charge is -2.32. The summed E-state index contributed by atoms with van der Waals surface area (Å²) in [4.78, 5) is 11.2. The molecule has 1 saturated heterocycles. The molecule has 6 nitrogen and oxygen atoms in total. The lowest BCUT2D eigenvalue weighted by Crippen LogP contribution is -2.46. The van der Waals surface area contributed by atoms with Gasteiger partial charge in [0, 0.05) is 13.0 Å². The van der Waals surface area contributed by atoms with Gasteiger partial charge in [-0.25, -0.2) is 0 Å². The van der Waals surface area contributed by atoms with Crippen molar-refractivity contribution < 1.29 is 23.2 Å². The maximum Gasteiger partial charge on any atom is 0.494 e. The summed E-state index contributed by atoms with van der Waals surface area (Å²) < 4.78 is 19.1. The van der Waals surface area contributed by atoms with Gasteiger partial charge in [-0.15, -0.1) is 5.43 Å². The molecule has 3 rings (SSSR count). The van der Waals surface area contributed by atoms with E-state index in [9.17, 15) is 4.79 Å². The molecule has 0 atom stereocenters. The second kappa shape index (κ2) is 4.82. The van der Waals surface area contributed by atoms with Crippen LogP contribution in [0.5, 0.6) is 0 Å². The van der Waals surface area contributed by atoms with Gasteiger partial charge in [-0.2, -0.15) is 0 Å². The SMILES string of the molecule is CC(=O)N[n+]1coc2cc(B3OC(C)(C)C(C)(C)O3)ccc21. The fourth-order valence-electron chi connectivity index (χ4n) is 2.37. The first-order valence-corrected chi connectivity index (χ1v) is 7.26. The highest BCUT2D eigenvalue weighted by molar-refractivity contribution is 6.62. The quantitative estimate of drug-likeness (QED) is 0.667. The highest BCUT2D eigenvalue weighted by Crippen LogP contribution is 2.36. The summed E-state index contributed by atoms with van der Waals surface area (Å²) in [7, 11) is -0.436. The number of fused-ring (bicyclic) bond motifs is 1. The first-order valence-electron chi connectivity index (χ1n) is 7.26. The zero-order valence-corrected chi connectivity index (χ0v) is 13.5. The molecular weight excluding hydrogens is 283 g/mol. The van der Waals surface area contributed by atoms with E-state index in [1.165, 1.54) is 13.3 Å². The monoisotopic (exact) mass is 303 g/mol. The minimum atomic E-state index is -0.436. The number of nitrogens with one attached hydrogen (secondary N) is 1. The van der Waals surface area contributed by atoms with Crippen molar-refractivity contribution >= 4 is 29.6 Å². The number of rotatable bonds is 2. The van der Waals surface area contributed by atoms with E-state index in [4.69, 9.17) is 13.7 Å². The van der Waals surface area contributed by atoms with Crippen molar-refractivity contribution in [1.82, 2.24) is 0 Å². The zero-order valence-electron chi connectivity index (χ0n) is 13.5. The first kappa shape index (κ1) is 15.1. The number of aromatic nitrogens is 1. The maximum atomic E-state index is 11.2. The van der Waals surface area contributed by atoms with Gasteiger partial charge in [-0.1, -0.05) is 6.07 Å². The molecule has 2 heterocycles. The van der Waals surface area contributed by atoms with Gasteiger partial charge in [-0.05, 0) is 43.9 Å². The third-order valence-corrected chi connectivity index (χ3v) is 4.33. The van der Waals surface area contributed by atoms with Gasteiger partial charge < -0.3 is 13.7 Å². The van der Waals surface area contributed by atoms with Gasteiger partial charge in [0.05, 0.1) is 11.2 Å². The van der Waals surface area contributed by atoms with Gasteiger partial charge >= 0.3 is 13.5 Å². The predicted octanol–water partition coefficient (Wildman–Crippen LogP) is 1.11. The second-order valence-electron chi connectivity index (χ2n) is 6.58. The Morgan fingerprint density at radius 2 is 1.82 bits per heavy atom. The highest BCUT2D eigenvalue weighted by Gasteiger charge is 2.51. The fourth-order valence-corrected chi connectivity index (χ4v) is 2.37. The number of hydrogen-bond acceptors (Lipinski definition) is 4. The Balaban J connectivity index is 1.92. The van der Waals surface area contributed by atoms with Crippen molar-refractivity contribution in [3.8, 4) is 0 Å². The third kappa shape index (κ3) is 2.40. The minimum Gasteiger partial charge on any atom is -0.402 e. The van der Waals surface area contributed by atoms with Crippen LogP contribution < -0.4 is 15.6 Å². The molecule has 0 radical (unpaired) electrons. The van der Waals surface area contributed by atoms with Crippen LogP contribution in [0.4, 0.5) is 0 Å². The molecule has 1 N–H and O–H groups in total. The summed E-state index contributed by atoms with van der Waals surface area (Å²) in [6.07, 6.45) is 1.46. The molecule has 1 aromatic carbocycles. The Morgan fingerprint density at radius 1 is 1.18 bits per heavy atom. The number of nitrogens with zero attached hydrogens (tertiary/aromatic N) is 1. The molecule has 2 aromatic rings. The molecule has 0 bridgehead atoms. The summed E-state index contributed by atoms with van der Waals surface area (Å²) >= 11 is 0. The molecule has 7 heteroatoms. The van der Waals surface area contributed by atoms with Crippen LogP contribution in [0.15, 0.2) is 29.0 Å². The van der Waals surface area contributed by atoms with E-state index in [0.29, 0.717) is 5.58 Å². The maximum absolute atomic E-state index is 11.2. The number of carbonyl (C=O) groups is 1. The van der Waals surface area contributed by atoms with Crippen LogP contribution in [0.2, 0.25) is 0 Å².